The second-order valence-corrected chi connectivity index (χ2v) is 7.17. The summed E-state index contributed by atoms with van der Waals surface area (Å²) in [6, 6.07) is 7.40. The van der Waals surface area contributed by atoms with Crippen LogP contribution in [0.2, 0.25) is 0 Å². The molecular weight excluding hydrogens is 381 g/mol. The van der Waals surface area contributed by atoms with E-state index in [9.17, 15) is 14.0 Å². The van der Waals surface area contributed by atoms with Gasteiger partial charge >= 0.3 is 0 Å². The van der Waals surface area contributed by atoms with E-state index in [0.717, 1.165) is 23.1 Å². The molecule has 0 atom stereocenters. The van der Waals surface area contributed by atoms with Crippen molar-refractivity contribution in [3.05, 3.63) is 47.6 Å². The number of para-hydroxylation sites is 1. The monoisotopic (exact) mass is 393 g/mol. The maximum Gasteiger partial charge on any atom is 0.279 e. The van der Waals surface area contributed by atoms with Crippen molar-refractivity contribution in [2.24, 2.45) is 0 Å². The average Bonchev–Trinajstić information content (AvgIpc) is 3.24. The van der Waals surface area contributed by atoms with Gasteiger partial charge in [0.15, 0.2) is 10.0 Å². The second kappa shape index (κ2) is 8.06. The molecule has 26 heavy (non-hydrogen) atoms. The van der Waals surface area contributed by atoms with E-state index in [1.165, 1.54) is 24.3 Å². The summed E-state index contributed by atoms with van der Waals surface area (Å²) < 4.78 is 18.8. The van der Waals surface area contributed by atoms with E-state index in [4.69, 9.17) is 4.52 Å². The van der Waals surface area contributed by atoms with Crippen molar-refractivity contribution in [1.29, 1.82) is 0 Å². The number of carbonyl (C=O) groups excluding carboxylic acids is 2. The van der Waals surface area contributed by atoms with Gasteiger partial charge in [-0.3, -0.25) is 14.9 Å². The molecule has 0 saturated heterocycles. The largest absolute Gasteiger partial charge is 0.361 e. The first-order valence-corrected chi connectivity index (χ1v) is 9.07. The van der Waals surface area contributed by atoms with E-state index in [2.05, 4.69) is 26.0 Å². The highest BCUT2D eigenvalue weighted by molar-refractivity contribution is 8.01. The Labute approximate surface area is 155 Å². The van der Waals surface area contributed by atoms with Crippen LogP contribution < -0.4 is 10.6 Å². The third kappa shape index (κ3) is 4.64. The Kier molecular flexibility index (Phi) is 5.58. The first kappa shape index (κ1) is 18.0. The highest BCUT2D eigenvalue weighted by Crippen LogP contribution is 2.26. The molecule has 134 valence electrons. The lowest BCUT2D eigenvalue weighted by Gasteiger charge is -2.04. The van der Waals surface area contributed by atoms with Crippen LogP contribution in [0, 0.1) is 12.7 Å². The molecule has 0 saturated carbocycles. The highest BCUT2D eigenvalue weighted by Gasteiger charge is 2.15. The number of nitrogens with zero attached hydrogens (tertiary/aromatic N) is 3. The van der Waals surface area contributed by atoms with E-state index in [1.54, 1.807) is 13.0 Å². The Hall–Kier alpha value is -2.79. The zero-order valence-corrected chi connectivity index (χ0v) is 15.0. The quantitative estimate of drug-likeness (QED) is 0.489. The Bertz CT molecular complexity index is 943. The summed E-state index contributed by atoms with van der Waals surface area (Å²) in [5.41, 5.74) is 0.252. The Balaban J connectivity index is 1.51. The number of amides is 2. The molecule has 1 aromatic carbocycles. The highest BCUT2D eigenvalue weighted by atomic mass is 32.2. The average molecular weight is 393 g/mol. The number of aromatic nitrogens is 3. The molecule has 0 aliphatic rings. The number of nitrogens with one attached hydrogen (secondary N) is 2. The number of benzene rings is 1. The number of hydrogen-bond acceptors (Lipinski definition) is 8. The fourth-order valence-electron chi connectivity index (χ4n) is 1.83. The Morgan fingerprint density at radius 3 is 2.81 bits per heavy atom. The molecule has 8 nitrogen and oxygen atoms in total. The summed E-state index contributed by atoms with van der Waals surface area (Å²) in [4.78, 5) is 23.8. The number of hydrogen-bond donors (Lipinski definition) is 2. The maximum atomic E-state index is 13.5. The van der Waals surface area contributed by atoms with Crippen molar-refractivity contribution in [3.63, 3.8) is 0 Å². The number of halogens is 1. The van der Waals surface area contributed by atoms with Crippen LogP contribution in [0.5, 0.6) is 0 Å². The predicted molar refractivity (Wildman–Crippen MR) is 94.9 cm³/mol. The van der Waals surface area contributed by atoms with Gasteiger partial charge in [-0.25, -0.2) is 4.39 Å². The minimum absolute atomic E-state index is 0.0272. The van der Waals surface area contributed by atoms with Crippen molar-refractivity contribution in [1.82, 2.24) is 15.4 Å². The van der Waals surface area contributed by atoms with Crippen LogP contribution in [0.25, 0.3) is 0 Å². The SMILES string of the molecule is Cc1cc(C(=O)Nc2nnc(SCC(=O)Nc3ccccc3F)s2)no1. The summed E-state index contributed by atoms with van der Waals surface area (Å²) in [5, 5.41) is 16.6. The number of rotatable bonds is 6. The van der Waals surface area contributed by atoms with Crippen LogP contribution in [0.1, 0.15) is 16.2 Å². The van der Waals surface area contributed by atoms with Gasteiger partial charge in [-0.1, -0.05) is 40.4 Å². The van der Waals surface area contributed by atoms with E-state index in [0.29, 0.717) is 10.1 Å². The van der Waals surface area contributed by atoms with Crippen molar-refractivity contribution in [2.45, 2.75) is 11.3 Å². The summed E-state index contributed by atoms with van der Waals surface area (Å²) in [5.74, 6) is -0.801. The van der Waals surface area contributed by atoms with Crippen LogP contribution >= 0.6 is 23.1 Å². The van der Waals surface area contributed by atoms with Gasteiger partial charge in [-0.15, -0.1) is 10.2 Å². The standard InChI is InChI=1S/C15H12FN5O3S2/c1-8-6-11(21-24-8)13(23)18-14-19-20-15(26-14)25-7-12(22)17-10-5-3-2-4-9(10)16/h2-6H,7H2,1H3,(H,17,22)(H,18,19,23). The summed E-state index contributed by atoms with van der Waals surface area (Å²) >= 11 is 2.24. The Morgan fingerprint density at radius 1 is 1.27 bits per heavy atom. The van der Waals surface area contributed by atoms with Crippen LogP contribution in [0.3, 0.4) is 0 Å². The molecule has 11 heteroatoms. The van der Waals surface area contributed by atoms with Crippen molar-refractivity contribution >= 4 is 45.7 Å². The van der Waals surface area contributed by atoms with Gasteiger partial charge in [0.05, 0.1) is 11.4 Å². The molecule has 2 N–H and O–H groups in total. The van der Waals surface area contributed by atoms with Gasteiger partial charge in [0.2, 0.25) is 11.0 Å². The lowest BCUT2D eigenvalue weighted by atomic mass is 10.3. The smallest absolute Gasteiger partial charge is 0.279 e. The summed E-state index contributed by atoms with van der Waals surface area (Å²) in [7, 11) is 0. The zero-order chi connectivity index (χ0) is 18.5. The van der Waals surface area contributed by atoms with Crippen molar-refractivity contribution < 1.29 is 18.5 Å². The number of carbonyl (C=O) groups is 2. The molecular formula is C15H12FN5O3S2. The summed E-state index contributed by atoms with van der Waals surface area (Å²) in [6.07, 6.45) is 0. The lowest BCUT2D eigenvalue weighted by Crippen LogP contribution is -2.14. The van der Waals surface area contributed by atoms with Crippen LogP contribution in [-0.4, -0.2) is 32.9 Å². The van der Waals surface area contributed by atoms with E-state index < -0.39 is 11.7 Å². The molecule has 0 radical (unpaired) electrons. The van der Waals surface area contributed by atoms with E-state index in [1.807, 2.05) is 0 Å². The van der Waals surface area contributed by atoms with Gasteiger partial charge in [0, 0.05) is 6.07 Å². The van der Waals surface area contributed by atoms with Gasteiger partial charge in [-0.05, 0) is 19.1 Å². The topological polar surface area (TPSA) is 110 Å². The van der Waals surface area contributed by atoms with Crippen molar-refractivity contribution in [2.75, 3.05) is 16.4 Å². The number of anilines is 2. The minimum atomic E-state index is -0.505. The maximum absolute atomic E-state index is 13.5. The first-order valence-electron chi connectivity index (χ1n) is 7.26. The molecule has 0 bridgehead atoms. The summed E-state index contributed by atoms with van der Waals surface area (Å²) in [6.45, 7) is 1.68. The molecule has 3 rings (SSSR count). The van der Waals surface area contributed by atoms with Crippen molar-refractivity contribution in [3.8, 4) is 0 Å². The lowest BCUT2D eigenvalue weighted by molar-refractivity contribution is -0.113. The number of thioether (sulfide) groups is 1. The third-order valence-corrected chi connectivity index (χ3v) is 4.93. The fraction of sp³-hybridized carbons (Fsp3) is 0.133. The molecule has 2 heterocycles. The normalized spacial score (nSPS) is 10.5. The molecule has 0 aliphatic heterocycles. The molecule has 0 fully saturated rings. The molecule has 2 aromatic heterocycles. The fourth-order valence-corrected chi connectivity index (χ4v) is 3.38. The molecule has 2 amide bonds. The zero-order valence-electron chi connectivity index (χ0n) is 13.4. The molecule has 0 aliphatic carbocycles. The molecule has 3 aromatic rings. The minimum Gasteiger partial charge on any atom is -0.361 e. The second-order valence-electron chi connectivity index (χ2n) is 4.97. The third-order valence-electron chi connectivity index (χ3n) is 2.96. The Morgan fingerprint density at radius 2 is 2.08 bits per heavy atom. The van der Waals surface area contributed by atoms with Crippen LogP contribution in [-0.2, 0) is 4.79 Å². The molecule has 0 unspecified atom stereocenters. The van der Waals surface area contributed by atoms with Gasteiger partial charge in [0.1, 0.15) is 11.6 Å². The van der Waals surface area contributed by atoms with E-state index >= 15 is 0 Å². The van der Waals surface area contributed by atoms with Gasteiger partial charge < -0.3 is 9.84 Å². The van der Waals surface area contributed by atoms with E-state index in [-0.39, 0.29) is 28.2 Å². The predicted octanol–water partition coefficient (Wildman–Crippen LogP) is 2.96. The van der Waals surface area contributed by atoms with Gasteiger partial charge in [0.25, 0.3) is 5.91 Å². The number of aryl methyl sites for hydroxylation is 1. The first-order chi connectivity index (χ1) is 12.5. The molecule has 0 spiro atoms. The van der Waals surface area contributed by atoms with Crippen LogP contribution in [0.15, 0.2) is 39.2 Å². The van der Waals surface area contributed by atoms with Crippen LogP contribution in [0.4, 0.5) is 15.2 Å². The van der Waals surface area contributed by atoms with Gasteiger partial charge in [-0.2, -0.15) is 0 Å².